The predicted molar refractivity (Wildman–Crippen MR) is 131 cm³/mol. The SMILES string of the molecule is CN(CC[C@H](O)c1ccccc1)C1CCC(c2ccc(OCc3ccccc3)cc2)CC1. The van der Waals surface area contributed by atoms with Crippen molar-refractivity contribution in [1.82, 2.24) is 4.90 Å². The minimum Gasteiger partial charge on any atom is -0.489 e. The number of aliphatic hydroxyl groups excluding tert-OH is 1. The van der Waals surface area contributed by atoms with Gasteiger partial charge in [-0.15, -0.1) is 0 Å². The van der Waals surface area contributed by atoms with Gasteiger partial charge in [0.2, 0.25) is 0 Å². The highest BCUT2D eigenvalue weighted by Crippen LogP contribution is 2.35. The monoisotopic (exact) mass is 429 g/mol. The molecule has 32 heavy (non-hydrogen) atoms. The van der Waals surface area contributed by atoms with Crippen molar-refractivity contribution < 1.29 is 9.84 Å². The molecule has 3 aromatic rings. The molecule has 0 saturated heterocycles. The Labute approximate surface area is 192 Å². The maximum atomic E-state index is 10.4. The molecule has 0 spiro atoms. The van der Waals surface area contributed by atoms with Gasteiger partial charge in [-0.05, 0) is 73.9 Å². The third-order valence-corrected chi connectivity index (χ3v) is 6.86. The van der Waals surface area contributed by atoms with Crippen LogP contribution in [-0.2, 0) is 6.61 Å². The van der Waals surface area contributed by atoms with Crippen LogP contribution in [0, 0.1) is 0 Å². The van der Waals surface area contributed by atoms with Gasteiger partial charge in [0.25, 0.3) is 0 Å². The van der Waals surface area contributed by atoms with Gasteiger partial charge in [-0.25, -0.2) is 0 Å². The van der Waals surface area contributed by atoms with Crippen LogP contribution < -0.4 is 4.74 Å². The molecule has 1 saturated carbocycles. The number of ether oxygens (including phenoxy) is 1. The van der Waals surface area contributed by atoms with Gasteiger partial charge < -0.3 is 14.7 Å². The first-order valence-corrected chi connectivity index (χ1v) is 11.9. The van der Waals surface area contributed by atoms with Gasteiger partial charge in [0.15, 0.2) is 0 Å². The van der Waals surface area contributed by atoms with E-state index in [0.717, 1.165) is 24.3 Å². The maximum absolute atomic E-state index is 10.4. The van der Waals surface area contributed by atoms with E-state index in [2.05, 4.69) is 48.3 Å². The van der Waals surface area contributed by atoms with Crippen molar-refractivity contribution in [3.8, 4) is 5.75 Å². The van der Waals surface area contributed by atoms with Crippen LogP contribution in [0.15, 0.2) is 84.9 Å². The molecule has 168 valence electrons. The minimum atomic E-state index is -0.377. The second-order valence-corrected chi connectivity index (χ2v) is 9.04. The average Bonchev–Trinajstić information content (AvgIpc) is 2.87. The number of benzene rings is 3. The van der Waals surface area contributed by atoms with Crippen molar-refractivity contribution in [3.05, 3.63) is 102 Å². The zero-order valence-corrected chi connectivity index (χ0v) is 19.1. The van der Waals surface area contributed by atoms with Crippen LogP contribution in [0.4, 0.5) is 0 Å². The Morgan fingerprint density at radius 2 is 1.47 bits per heavy atom. The second-order valence-electron chi connectivity index (χ2n) is 9.04. The zero-order valence-electron chi connectivity index (χ0n) is 19.1. The van der Waals surface area contributed by atoms with Crippen LogP contribution in [0.1, 0.15) is 60.8 Å². The molecule has 1 N–H and O–H groups in total. The van der Waals surface area contributed by atoms with Gasteiger partial charge in [-0.1, -0.05) is 72.8 Å². The molecule has 3 nitrogen and oxygen atoms in total. The molecule has 0 unspecified atom stereocenters. The first-order chi connectivity index (χ1) is 15.7. The van der Waals surface area contributed by atoms with Crippen LogP contribution in [0.3, 0.4) is 0 Å². The Kier molecular flexibility index (Phi) is 7.97. The number of rotatable bonds is 9. The van der Waals surface area contributed by atoms with E-state index in [-0.39, 0.29) is 6.10 Å². The highest BCUT2D eigenvalue weighted by molar-refractivity contribution is 5.30. The zero-order chi connectivity index (χ0) is 22.2. The lowest BCUT2D eigenvalue weighted by atomic mass is 9.81. The lowest BCUT2D eigenvalue weighted by molar-refractivity contribution is 0.122. The molecule has 1 atom stereocenters. The van der Waals surface area contributed by atoms with Crippen molar-refractivity contribution in [1.29, 1.82) is 0 Å². The molecular formula is C29H35NO2. The summed E-state index contributed by atoms with van der Waals surface area (Å²) in [5.74, 6) is 1.57. The standard InChI is InChI=1S/C29H35NO2/c1-30(21-20-29(31)26-10-6-3-7-11-26)27-16-12-24(13-17-27)25-14-18-28(19-15-25)32-22-23-8-4-2-5-9-23/h2-11,14-15,18-19,24,27,29,31H,12-13,16-17,20-22H2,1H3/t24?,27?,29-/m0/s1. The molecule has 3 heteroatoms. The van der Waals surface area contributed by atoms with Crippen LogP contribution in [0.5, 0.6) is 5.75 Å². The maximum Gasteiger partial charge on any atom is 0.119 e. The van der Waals surface area contributed by atoms with Crippen LogP contribution in [0.25, 0.3) is 0 Å². The summed E-state index contributed by atoms with van der Waals surface area (Å²) in [7, 11) is 2.21. The Hall–Kier alpha value is -2.62. The minimum absolute atomic E-state index is 0.377. The van der Waals surface area contributed by atoms with E-state index in [0.29, 0.717) is 18.6 Å². The van der Waals surface area contributed by atoms with Gasteiger partial charge in [0, 0.05) is 12.6 Å². The predicted octanol–water partition coefficient (Wildman–Crippen LogP) is 6.35. The van der Waals surface area contributed by atoms with Crippen molar-refractivity contribution in [2.45, 2.75) is 56.8 Å². The summed E-state index contributed by atoms with van der Waals surface area (Å²) in [6.07, 6.45) is 5.29. The van der Waals surface area contributed by atoms with Gasteiger partial charge in [0.05, 0.1) is 6.10 Å². The summed E-state index contributed by atoms with van der Waals surface area (Å²) < 4.78 is 5.93. The molecule has 0 radical (unpaired) electrons. The summed E-state index contributed by atoms with van der Waals surface area (Å²) in [5, 5.41) is 10.4. The highest BCUT2D eigenvalue weighted by atomic mass is 16.5. The fourth-order valence-corrected chi connectivity index (χ4v) is 4.78. The van der Waals surface area contributed by atoms with Crippen molar-refractivity contribution in [3.63, 3.8) is 0 Å². The summed E-state index contributed by atoms with van der Waals surface area (Å²) in [6.45, 7) is 1.54. The van der Waals surface area contributed by atoms with E-state index in [9.17, 15) is 5.11 Å². The first kappa shape index (κ1) is 22.6. The summed E-state index contributed by atoms with van der Waals surface area (Å²) in [4.78, 5) is 2.45. The van der Waals surface area contributed by atoms with E-state index in [1.165, 1.54) is 36.8 Å². The summed E-state index contributed by atoms with van der Waals surface area (Å²) in [6, 6.07) is 29.6. The number of aliphatic hydroxyl groups is 1. The Morgan fingerprint density at radius 3 is 2.12 bits per heavy atom. The molecule has 0 bridgehead atoms. The molecule has 0 aliphatic heterocycles. The lowest BCUT2D eigenvalue weighted by Crippen LogP contribution is -2.36. The van der Waals surface area contributed by atoms with Crippen LogP contribution in [0.2, 0.25) is 0 Å². The van der Waals surface area contributed by atoms with Gasteiger partial charge in [-0.3, -0.25) is 0 Å². The average molecular weight is 430 g/mol. The van der Waals surface area contributed by atoms with E-state index >= 15 is 0 Å². The number of nitrogens with zero attached hydrogens (tertiary/aromatic N) is 1. The fraction of sp³-hybridized carbons (Fsp3) is 0.379. The van der Waals surface area contributed by atoms with E-state index < -0.39 is 0 Å². The van der Waals surface area contributed by atoms with Gasteiger partial charge in [0.1, 0.15) is 12.4 Å². The Balaban J connectivity index is 1.21. The Bertz CT molecular complexity index is 918. The molecule has 4 rings (SSSR count). The number of hydrogen-bond acceptors (Lipinski definition) is 3. The quantitative estimate of drug-likeness (QED) is 0.430. The fourth-order valence-electron chi connectivity index (χ4n) is 4.78. The molecule has 1 aliphatic carbocycles. The second kappa shape index (κ2) is 11.3. The first-order valence-electron chi connectivity index (χ1n) is 11.9. The van der Waals surface area contributed by atoms with Crippen LogP contribution in [-0.4, -0.2) is 29.6 Å². The molecule has 3 aromatic carbocycles. The van der Waals surface area contributed by atoms with Crippen molar-refractivity contribution >= 4 is 0 Å². The third kappa shape index (κ3) is 6.21. The van der Waals surface area contributed by atoms with Gasteiger partial charge >= 0.3 is 0 Å². The smallest absolute Gasteiger partial charge is 0.119 e. The highest BCUT2D eigenvalue weighted by Gasteiger charge is 2.25. The van der Waals surface area contributed by atoms with Crippen LogP contribution >= 0.6 is 0 Å². The lowest BCUT2D eigenvalue weighted by Gasteiger charge is -2.35. The van der Waals surface area contributed by atoms with E-state index in [1.807, 2.05) is 48.5 Å². The Morgan fingerprint density at radius 1 is 0.844 bits per heavy atom. The van der Waals surface area contributed by atoms with Crippen molar-refractivity contribution in [2.24, 2.45) is 0 Å². The van der Waals surface area contributed by atoms with Crippen molar-refractivity contribution in [2.75, 3.05) is 13.6 Å². The van der Waals surface area contributed by atoms with E-state index in [1.54, 1.807) is 0 Å². The van der Waals surface area contributed by atoms with E-state index in [4.69, 9.17) is 4.74 Å². The largest absolute Gasteiger partial charge is 0.489 e. The molecule has 0 heterocycles. The molecule has 0 aromatic heterocycles. The summed E-state index contributed by atoms with van der Waals surface area (Å²) >= 11 is 0. The molecular weight excluding hydrogens is 394 g/mol. The molecule has 0 amide bonds. The van der Waals surface area contributed by atoms with Gasteiger partial charge in [-0.2, -0.15) is 0 Å². The molecule has 1 aliphatic rings. The molecule has 1 fully saturated rings. The normalized spacial score (nSPS) is 19.6. The topological polar surface area (TPSA) is 32.7 Å². The third-order valence-electron chi connectivity index (χ3n) is 6.86. The number of hydrogen-bond donors (Lipinski definition) is 1. The summed E-state index contributed by atoms with van der Waals surface area (Å²) in [5.41, 5.74) is 3.63.